The summed E-state index contributed by atoms with van der Waals surface area (Å²) in [5.41, 5.74) is 2.56. The zero-order valence-corrected chi connectivity index (χ0v) is 17.5. The average Bonchev–Trinajstić information content (AvgIpc) is 3.46. The van der Waals surface area contributed by atoms with Crippen LogP contribution < -0.4 is 15.0 Å². The van der Waals surface area contributed by atoms with Crippen LogP contribution >= 0.6 is 0 Å². The van der Waals surface area contributed by atoms with Crippen LogP contribution in [0.25, 0.3) is 0 Å². The second-order valence-corrected chi connectivity index (χ2v) is 7.94. The maximum Gasteiger partial charge on any atom is 0.251 e. The third-order valence-electron chi connectivity index (χ3n) is 6.03. The maximum atomic E-state index is 12.9. The molecule has 0 saturated carbocycles. The molecule has 2 aromatic carbocycles. The second kappa shape index (κ2) is 9.30. The number of methoxy groups -OCH3 is 1. The minimum atomic E-state index is -0.110. The molecule has 0 unspecified atom stereocenters. The molecule has 2 aromatic rings. The van der Waals surface area contributed by atoms with Gasteiger partial charge in [-0.3, -0.25) is 14.5 Å². The van der Waals surface area contributed by atoms with Gasteiger partial charge in [-0.25, -0.2) is 0 Å². The van der Waals surface area contributed by atoms with Crippen molar-refractivity contribution < 1.29 is 14.3 Å². The molecule has 1 N–H and O–H groups in total. The van der Waals surface area contributed by atoms with E-state index in [2.05, 4.69) is 22.3 Å². The van der Waals surface area contributed by atoms with Gasteiger partial charge in [0, 0.05) is 30.8 Å². The van der Waals surface area contributed by atoms with E-state index in [0.29, 0.717) is 18.5 Å². The van der Waals surface area contributed by atoms with E-state index < -0.39 is 0 Å². The summed E-state index contributed by atoms with van der Waals surface area (Å²) in [7, 11) is 1.66. The molecule has 0 aliphatic carbocycles. The van der Waals surface area contributed by atoms with E-state index in [1.807, 2.05) is 30.3 Å². The number of hydrogen-bond acceptors (Lipinski definition) is 4. The lowest BCUT2D eigenvalue weighted by molar-refractivity contribution is -0.117. The molecule has 6 heteroatoms. The number of benzene rings is 2. The first-order chi connectivity index (χ1) is 14.7. The van der Waals surface area contributed by atoms with E-state index in [9.17, 15) is 9.59 Å². The van der Waals surface area contributed by atoms with Gasteiger partial charge in [0.1, 0.15) is 5.75 Å². The molecule has 30 heavy (non-hydrogen) atoms. The summed E-state index contributed by atoms with van der Waals surface area (Å²) in [5.74, 6) is 0.846. The van der Waals surface area contributed by atoms with Crippen molar-refractivity contribution in [3.63, 3.8) is 0 Å². The highest BCUT2D eigenvalue weighted by Crippen LogP contribution is 2.27. The van der Waals surface area contributed by atoms with Crippen LogP contribution in [0.1, 0.15) is 47.6 Å². The number of anilines is 1. The van der Waals surface area contributed by atoms with Crippen LogP contribution in [0.5, 0.6) is 5.75 Å². The maximum absolute atomic E-state index is 12.9. The Kier molecular flexibility index (Phi) is 6.33. The largest absolute Gasteiger partial charge is 0.497 e. The summed E-state index contributed by atoms with van der Waals surface area (Å²) >= 11 is 0. The van der Waals surface area contributed by atoms with Crippen molar-refractivity contribution in [2.75, 3.05) is 38.2 Å². The van der Waals surface area contributed by atoms with Gasteiger partial charge in [0.15, 0.2) is 0 Å². The highest BCUT2D eigenvalue weighted by molar-refractivity contribution is 5.99. The van der Waals surface area contributed by atoms with Crippen LogP contribution in [-0.4, -0.2) is 50.0 Å². The quantitative estimate of drug-likeness (QED) is 0.764. The Hall–Kier alpha value is -2.86. The molecule has 4 rings (SSSR count). The lowest BCUT2D eigenvalue weighted by Gasteiger charge is -2.28. The molecule has 2 fully saturated rings. The van der Waals surface area contributed by atoms with E-state index in [1.165, 1.54) is 18.4 Å². The Bertz CT molecular complexity index is 891. The lowest BCUT2D eigenvalue weighted by Crippen LogP contribution is -2.36. The van der Waals surface area contributed by atoms with E-state index in [1.54, 1.807) is 18.1 Å². The van der Waals surface area contributed by atoms with Gasteiger partial charge < -0.3 is 15.0 Å². The molecule has 0 spiro atoms. The molecule has 6 nitrogen and oxygen atoms in total. The summed E-state index contributed by atoms with van der Waals surface area (Å²) < 4.78 is 5.28. The zero-order valence-electron chi connectivity index (χ0n) is 17.5. The minimum Gasteiger partial charge on any atom is -0.497 e. The Morgan fingerprint density at radius 3 is 2.50 bits per heavy atom. The Labute approximate surface area is 177 Å². The van der Waals surface area contributed by atoms with Crippen molar-refractivity contribution in [2.45, 2.75) is 31.7 Å². The third-order valence-corrected chi connectivity index (χ3v) is 6.03. The molecule has 2 aliphatic heterocycles. The SMILES string of the molecule is COc1ccc([C@H](CNC(=O)c2cccc(N3CCCC3=O)c2)N2CCCC2)cc1. The van der Waals surface area contributed by atoms with Gasteiger partial charge in [-0.05, 0) is 68.2 Å². The molecular weight excluding hydrogens is 378 g/mol. The van der Waals surface area contributed by atoms with E-state index in [0.717, 1.165) is 37.5 Å². The number of carbonyl (C=O) groups excluding carboxylic acids is 2. The van der Waals surface area contributed by atoms with E-state index in [4.69, 9.17) is 4.74 Å². The number of rotatable bonds is 7. The molecule has 2 heterocycles. The van der Waals surface area contributed by atoms with Gasteiger partial charge in [-0.2, -0.15) is 0 Å². The van der Waals surface area contributed by atoms with Gasteiger partial charge in [-0.15, -0.1) is 0 Å². The highest BCUT2D eigenvalue weighted by Gasteiger charge is 2.25. The van der Waals surface area contributed by atoms with Gasteiger partial charge in [-0.1, -0.05) is 18.2 Å². The Balaban J connectivity index is 1.46. The fraction of sp³-hybridized carbons (Fsp3) is 0.417. The molecule has 0 bridgehead atoms. The van der Waals surface area contributed by atoms with E-state index in [-0.39, 0.29) is 17.9 Å². The predicted molar refractivity (Wildman–Crippen MR) is 117 cm³/mol. The van der Waals surface area contributed by atoms with Crippen molar-refractivity contribution in [1.29, 1.82) is 0 Å². The van der Waals surface area contributed by atoms with Crippen LogP contribution in [0, 0.1) is 0 Å². The number of nitrogens with one attached hydrogen (secondary N) is 1. The van der Waals surface area contributed by atoms with Crippen molar-refractivity contribution in [1.82, 2.24) is 10.2 Å². The van der Waals surface area contributed by atoms with Crippen LogP contribution in [0.2, 0.25) is 0 Å². The molecular formula is C24H29N3O3. The molecule has 2 amide bonds. The number of hydrogen-bond donors (Lipinski definition) is 1. The van der Waals surface area contributed by atoms with Gasteiger partial charge >= 0.3 is 0 Å². The molecule has 2 saturated heterocycles. The highest BCUT2D eigenvalue weighted by atomic mass is 16.5. The first-order valence-electron chi connectivity index (χ1n) is 10.7. The predicted octanol–water partition coefficient (Wildman–Crippen LogP) is 3.39. The van der Waals surface area contributed by atoms with E-state index >= 15 is 0 Å². The summed E-state index contributed by atoms with van der Waals surface area (Å²) in [6.07, 6.45) is 3.82. The van der Waals surface area contributed by atoms with Gasteiger partial charge in [0.25, 0.3) is 5.91 Å². The summed E-state index contributed by atoms with van der Waals surface area (Å²) in [5, 5.41) is 3.12. The van der Waals surface area contributed by atoms with Crippen molar-refractivity contribution in [3.05, 3.63) is 59.7 Å². The molecule has 1 atom stereocenters. The van der Waals surface area contributed by atoms with Crippen molar-refractivity contribution >= 4 is 17.5 Å². The average molecular weight is 408 g/mol. The zero-order chi connectivity index (χ0) is 20.9. The minimum absolute atomic E-state index is 0.110. The van der Waals surface area contributed by atoms with Crippen LogP contribution in [0.3, 0.4) is 0 Å². The molecule has 0 aromatic heterocycles. The summed E-state index contributed by atoms with van der Waals surface area (Å²) in [6, 6.07) is 15.6. The van der Waals surface area contributed by atoms with Crippen LogP contribution in [0.4, 0.5) is 5.69 Å². The fourth-order valence-electron chi connectivity index (χ4n) is 4.36. The van der Waals surface area contributed by atoms with Gasteiger partial charge in [0.05, 0.1) is 13.2 Å². The summed E-state index contributed by atoms with van der Waals surface area (Å²) in [6.45, 7) is 3.34. The topological polar surface area (TPSA) is 61.9 Å². The first-order valence-corrected chi connectivity index (χ1v) is 10.7. The second-order valence-electron chi connectivity index (χ2n) is 7.94. The fourth-order valence-corrected chi connectivity index (χ4v) is 4.36. The molecule has 2 aliphatic rings. The number of nitrogens with zero attached hydrogens (tertiary/aromatic N) is 2. The Morgan fingerprint density at radius 1 is 1.07 bits per heavy atom. The number of likely N-dealkylation sites (tertiary alicyclic amines) is 1. The normalized spacial score (nSPS) is 17.9. The Morgan fingerprint density at radius 2 is 1.83 bits per heavy atom. The third kappa shape index (κ3) is 4.49. The standard InChI is InChI=1S/C24H29N3O3/c1-30-21-11-9-18(10-12-21)22(26-13-2-3-14-26)17-25-24(29)19-6-4-7-20(16-19)27-15-5-8-23(27)28/h4,6-7,9-12,16,22H,2-3,5,8,13-15,17H2,1H3,(H,25,29)/t22-/m0/s1. The monoisotopic (exact) mass is 407 g/mol. The number of amides is 2. The van der Waals surface area contributed by atoms with Crippen molar-refractivity contribution in [3.8, 4) is 5.75 Å². The number of ether oxygens (including phenoxy) is 1. The number of carbonyl (C=O) groups is 2. The first kappa shape index (κ1) is 20.4. The smallest absolute Gasteiger partial charge is 0.251 e. The van der Waals surface area contributed by atoms with Crippen molar-refractivity contribution in [2.24, 2.45) is 0 Å². The molecule has 158 valence electrons. The van der Waals surface area contributed by atoms with Crippen LogP contribution in [-0.2, 0) is 4.79 Å². The van der Waals surface area contributed by atoms with Gasteiger partial charge in [0.2, 0.25) is 5.91 Å². The van der Waals surface area contributed by atoms with Crippen LogP contribution in [0.15, 0.2) is 48.5 Å². The summed E-state index contributed by atoms with van der Waals surface area (Å²) in [4.78, 5) is 29.1. The molecule has 0 radical (unpaired) electrons. The lowest BCUT2D eigenvalue weighted by atomic mass is 10.0.